The molecule has 2 rings (SSSR count). The molecular formula is C14H26O12. The average molecular weight is 386 g/mol. The molecule has 2 heterocycles. The highest BCUT2D eigenvalue weighted by Crippen LogP contribution is 2.28. The molecule has 12 nitrogen and oxygen atoms in total. The van der Waals surface area contributed by atoms with E-state index in [1.54, 1.807) is 0 Å². The summed E-state index contributed by atoms with van der Waals surface area (Å²) in [5.41, 5.74) is 0. The molecule has 154 valence electrons. The van der Waals surface area contributed by atoms with Crippen LogP contribution in [-0.2, 0) is 18.9 Å². The van der Waals surface area contributed by atoms with Crippen molar-refractivity contribution in [3.8, 4) is 0 Å². The first kappa shape index (κ1) is 21.8. The molecule has 0 spiro atoms. The molecule has 0 radical (unpaired) electrons. The van der Waals surface area contributed by atoms with Gasteiger partial charge in [0.2, 0.25) is 0 Å². The van der Waals surface area contributed by atoms with Crippen LogP contribution in [0.15, 0.2) is 0 Å². The van der Waals surface area contributed by atoms with Gasteiger partial charge in [-0.2, -0.15) is 0 Å². The molecule has 10 atom stereocenters. The van der Waals surface area contributed by atoms with E-state index in [1.165, 1.54) is 0 Å². The van der Waals surface area contributed by atoms with Gasteiger partial charge < -0.3 is 59.8 Å². The van der Waals surface area contributed by atoms with E-state index in [0.717, 1.165) is 0 Å². The van der Waals surface area contributed by atoms with Gasteiger partial charge in [0.15, 0.2) is 12.6 Å². The predicted molar refractivity (Wildman–Crippen MR) is 79.4 cm³/mol. The molecule has 2 aliphatic heterocycles. The van der Waals surface area contributed by atoms with Gasteiger partial charge in [-0.05, 0) is 0 Å². The van der Waals surface area contributed by atoms with E-state index >= 15 is 0 Å². The van der Waals surface area contributed by atoms with Crippen molar-refractivity contribution in [3.63, 3.8) is 0 Å². The van der Waals surface area contributed by atoms with Crippen LogP contribution in [0.1, 0.15) is 0 Å². The maximum atomic E-state index is 10.1. The fraction of sp³-hybridized carbons (Fsp3) is 1.00. The van der Waals surface area contributed by atoms with Crippen LogP contribution in [0.2, 0.25) is 0 Å². The van der Waals surface area contributed by atoms with Crippen molar-refractivity contribution >= 4 is 0 Å². The Kier molecular flexibility index (Phi) is 8.08. The van der Waals surface area contributed by atoms with E-state index in [1.807, 2.05) is 0 Å². The Morgan fingerprint density at radius 1 is 0.731 bits per heavy atom. The van der Waals surface area contributed by atoms with Crippen LogP contribution in [0.5, 0.6) is 0 Å². The predicted octanol–water partition coefficient (Wildman–Crippen LogP) is -5.38. The Bertz CT molecular complexity index is 423. The molecule has 0 aliphatic carbocycles. The van der Waals surface area contributed by atoms with Crippen molar-refractivity contribution < 1.29 is 59.8 Å². The van der Waals surface area contributed by atoms with Gasteiger partial charge in [-0.15, -0.1) is 0 Å². The molecule has 2 aliphatic rings. The smallest absolute Gasteiger partial charge is 0.187 e. The highest BCUT2D eigenvalue weighted by molar-refractivity contribution is 4.93. The minimum atomic E-state index is -1.74. The number of rotatable bonds is 7. The molecule has 2 saturated heterocycles. The summed E-state index contributed by atoms with van der Waals surface area (Å²) in [6.07, 6.45) is -15.4. The second-order valence-electron chi connectivity index (χ2n) is 6.14. The normalized spacial score (nSPS) is 47.1. The molecule has 0 aromatic rings. The van der Waals surface area contributed by atoms with Crippen molar-refractivity contribution in [2.24, 2.45) is 0 Å². The van der Waals surface area contributed by atoms with Crippen molar-refractivity contribution in [3.05, 3.63) is 0 Å². The number of aliphatic hydroxyl groups is 8. The largest absolute Gasteiger partial charge is 0.394 e. The second kappa shape index (κ2) is 9.64. The molecule has 0 amide bonds. The molecular weight excluding hydrogens is 360 g/mol. The minimum Gasteiger partial charge on any atom is -0.394 e. The standard InChI is InChI=1S/C14H26O12/c15-1-2-23-4-6-7(17)8(18)11(21)14(25-6)26-12-5(3-16)24-13(22)10(20)9(12)19/h5-22H,1-4H2. The summed E-state index contributed by atoms with van der Waals surface area (Å²) in [5.74, 6) is 0. The zero-order valence-electron chi connectivity index (χ0n) is 13.8. The van der Waals surface area contributed by atoms with Gasteiger partial charge in [0.25, 0.3) is 0 Å². The molecule has 0 aromatic heterocycles. The van der Waals surface area contributed by atoms with E-state index < -0.39 is 68.0 Å². The van der Waals surface area contributed by atoms with Crippen LogP contribution in [0.4, 0.5) is 0 Å². The van der Waals surface area contributed by atoms with E-state index in [0.29, 0.717) is 0 Å². The molecule has 10 unspecified atom stereocenters. The third-order valence-corrected chi connectivity index (χ3v) is 4.32. The average Bonchev–Trinajstić information content (AvgIpc) is 2.63. The molecule has 0 bridgehead atoms. The zero-order chi connectivity index (χ0) is 19.4. The fourth-order valence-corrected chi connectivity index (χ4v) is 2.82. The number of hydrogen-bond acceptors (Lipinski definition) is 12. The second-order valence-corrected chi connectivity index (χ2v) is 6.14. The van der Waals surface area contributed by atoms with Gasteiger partial charge in [-0.25, -0.2) is 0 Å². The fourth-order valence-electron chi connectivity index (χ4n) is 2.82. The van der Waals surface area contributed by atoms with Crippen molar-refractivity contribution in [1.29, 1.82) is 0 Å². The van der Waals surface area contributed by atoms with Gasteiger partial charge >= 0.3 is 0 Å². The van der Waals surface area contributed by atoms with Crippen LogP contribution >= 0.6 is 0 Å². The lowest BCUT2D eigenvalue weighted by Gasteiger charge is -2.45. The highest BCUT2D eigenvalue weighted by atomic mass is 16.7. The SMILES string of the molecule is OCCOCC1OC(OC2C(CO)OC(O)C(O)C2O)C(O)C(O)C1O. The Morgan fingerprint density at radius 2 is 1.42 bits per heavy atom. The Labute approximate surface area is 148 Å². The van der Waals surface area contributed by atoms with Crippen molar-refractivity contribution in [2.75, 3.05) is 26.4 Å². The third-order valence-electron chi connectivity index (χ3n) is 4.32. The van der Waals surface area contributed by atoms with E-state index in [2.05, 4.69) is 0 Å². The lowest BCUT2D eigenvalue weighted by atomic mass is 9.97. The summed E-state index contributed by atoms with van der Waals surface area (Å²) in [6.45, 7) is -1.21. The maximum Gasteiger partial charge on any atom is 0.187 e. The van der Waals surface area contributed by atoms with Crippen LogP contribution < -0.4 is 0 Å². The maximum absolute atomic E-state index is 10.1. The quantitative estimate of drug-likeness (QED) is 0.194. The van der Waals surface area contributed by atoms with Gasteiger partial charge in [0.05, 0.1) is 26.4 Å². The summed E-state index contributed by atoms with van der Waals surface area (Å²) < 4.78 is 20.7. The lowest BCUT2D eigenvalue weighted by Crippen LogP contribution is -2.64. The van der Waals surface area contributed by atoms with Gasteiger partial charge in [0.1, 0.15) is 48.8 Å². The molecule has 0 saturated carbocycles. The summed E-state index contributed by atoms with van der Waals surface area (Å²) in [4.78, 5) is 0. The number of hydrogen-bond donors (Lipinski definition) is 8. The number of aliphatic hydroxyl groups excluding tert-OH is 8. The minimum absolute atomic E-state index is 0.0391. The van der Waals surface area contributed by atoms with Crippen LogP contribution in [0, 0.1) is 0 Å². The topological polar surface area (TPSA) is 199 Å². The highest BCUT2D eigenvalue weighted by Gasteiger charge is 2.50. The first-order valence-electron chi connectivity index (χ1n) is 8.16. The van der Waals surface area contributed by atoms with Gasteiger partial charge in [-0.1, -0.05) is 0 Å². The van der Waals surface area contributed by atoms with Crippen LogP contribution in [0.3, 0.4) is 0 Å². The van der Waals surface area contributed by atoms with E-state index in [4.69, 9.17) is 24.1 Å². The molecule has 0 aromatic carbocycles. The van der Waals surface area contributed by atoms with E-state index in [-0.39, 0.29) is 19.8 Å². The first-order valence-corrected chi connectivity index (χ1v) is 8.16. The number of ether oxygens (including phenoxy) is 4. The summed E-state index contributed by atoms with van der Waals surface area (Å²) in [7, 11) is 0. The Morgan fingerprint density at radius 3 is 2.04 bits per heavy atom. The van der Waals surface area contributed by atoms with E-state index in [9.17, 15) is 35.7 Å². The zero-order valence-corrected chi connectivity index (χ0v) is 13.8. The third kappa shape index (κ3) is 4.67. The van der Waals surface area contributed by atoms with Gasteiger partial charge in [0, 0.05) is 0 Å². The van der Waals surface area contributed by atoms with Crippen LogP contribution in [-0.4, -0.2) is 129 Å². The molecule has 8 N–H and O–H groups in total. The lowest BCUT2D eigenvalue weighted by molar-refractivity contribution is -0.355. The Hall–Kier alpha value is -0.480. The summed E-state index contributed by atoms with van der Waals surface area (Å²) in [6, 6.07) is 0. The first-order chi connectivity index (χ1) is 12.3. The van der Waals surface area contributed by atoms with Crippen LogP contribution in [0.25, 0.3) is 0 Å². The monoisotopic (exact) mass is 386 g/mol. The summed E-state index contributed by atoms with van der Waals surface area (Å²) in [5, 5.41) is 77.2. The van der Waals surface area contributed by atoms with Crippen molar-refractivity contribution in [2.45, 2.75) is 61.4 Å². The molecule has 2 fully saturated rings. The summed E-state index contributed by atoms with van der Waals surface area (Å²) >= 11 is 0. The molecule has 12 heteroatoms. The molecule has 26 heavy (non-hydrogen) atoms. The van der Waals surface area contributed by atoms with Crippen molar-refractivity contribution in [1.82, 2.24) is 0 Å². The Balaban J connectivity index is 2.07. The van der Waals surface area contributed by atoms with Gasteiger partial charge in [-0.3, -0.25) is 0 Å².